The molecule has 0 radical (unpaired) electrons. The Morgan fingerprint density at radius 2 is 1.88 bits per heavy atom. The Kier molecular flexibility index (Phi) is 9.16. The zero-order valence-electron chi connectivity index (χ0n) is 19.5. The van der Waals surface area contributed by atoms with E-state index in [0.29, 0.717) is 31.1 Å². The number of hydrogen-bond donors (Lipinski definition) is 1. The monoisotopic (exact) mass is 467 g/mol. The van der Waals surface area contributed by atoms with Gasteiger partial charge in [0.1, 0.15) is 0 Å². The maximum atomic E-state index is 10.7. The van der Waals surface area contributed by atoms with E-state index in [1.165, 1.54) is 54.8 Å². The first kappa shape index (κ1) is 24.2. The smallest absolute Gasteiger partial charge is 0.303 e. The Hall–Kier alpha value is -1.95. The molecule has 178 valence electrons. The molecule has 1 saturated heterocycles. The Balaban J connectivity index is 1.34. The summed E-state index contributed by atoms with van der Waals surface area (Å²) >= 11 is 1.79. The SMILES string of the molecule is O=C(O)CC/C=C/CCC1C(OCc2csc(-c3ccccc3)c2)CCC1N1CCCCC1. The van der Waals surface area contributed by atoms with Crippen LogP contribution in [0.25, 0.3) is 10.4 Å². The number of carboxylic acid groups (broad SMARTS) is 1. The Morgan fingerprint density at radius 3 is 2.67 bits per heavy atom. The van der Waals surface area contributed by atoms with Crippen LogP contribution in [0, 0.1) is 5.92 Å². The topological polar surface area (TPSA) is 49.8 Å². The van der Waals surface area contributed by atoms with Gasteiger partial charge in [-0.15, -0.1) is 11.3 Å². The minimum atomic E-state index is -0.724. The molecule has 3 atom stereocenters. The quantitative estimate of drug-likeness (QED) is 0.371. The van der Waals surface area contributed by atoms with Crippen molar-refractivity contribution < 1.29 is 14.6 Å². The predicted molar refractivity (Wildman–Crippen MR) is 136 cm³/mol. The molecule has 3 unspecified atom stereocenters. The van der Waals surface area contributed by atoms with Crippen LogP contribution in [0.4, 0.5) is 0 Å². The summed E-state index contributed by atoms with van der Waals surface area (Å²) < 4.78 is 6.56. The first-order valence-corrected chi connectivity index (χ1v) is 13.4. The third kappa shape index (κ3) is 7.02. The molecule has 1 aromatic carbocycles. The number of ether oxygens (including phenoxy) is 1. The van der Waals surface area contributed by atoms with Crippen molar-refractivity contribution in [1.29, 1.82) is 0 Å². The van der Waals surface area contributed by atoms with E-state index in [9.17, 15) is 4.79 Å². The Labute approximate surface area is 202 Å². The van der Waals surface area contributed by atoms with Gasteiger partial charge in [0.15, 0.2) is 0 Å². The first-order chi connectivity index (χ1) is 16.2. The van der Waals surface area contributed by atoms with Crippen LogP contribution in [0.15, 0.2) is 53.9 Å². The van der Waals surface area contributed by atoms with Crippen LogP contribution in [-0.2, 0) is 16.1 Å². The molecule has 5 heteroatoms. The molecule has 1 saturated carbocycles. The number of aliphatic carboxylic acids is 1. The van der Waals surface area contributed by atoms with Gasteiger partial charge in [0.25, 0.3) is 0 Å². The third-order valence-corrected chi connectivity index (χ3v) is 8.14. The minimum absolute atomic E-state index is 0.216. The van der Waals surface area contributed by atoms with Crippen molar-refractivity contribution in [3.8, 4) is 10.4 Å². The summed E-state index contributed by atoms with van der Waals surface area (Å²) in [4.78, 5) is 14.7. The molecule has 2 heterocycles. The van der Waals surface area contributed by atoms with Gasteiger partial charge in [-0.3, -0.25) is 4.79 Å². The lowest BCUT2D eigenvalue weighted by atomic mass is 9.93. The zero-order valence-corrected chi connectivity index (χ0v) is 20.3. The number of nitrogens with zero attached hydrogens (tertiary/aromatic N) is 1. The molecule has 1 N–H and O–H groups in total. The summed E-state index contributed by atoms with van der Waals surface area (Å²) in [6.07, 6.45) is 13.9. The highest BCUT2D eigenvalue weighted by atomic mass is 32.1. The van der Waals surface area contributed by atoms with Gasteiger partial charge < -0.3 is 14.7 Å². The van der Waals surface area contributed by atoms with E-state index in [4.69, 9.17) is 9.84 Å². The van der Waals surface area contributed by atoms with Gasteiger partial charge in [-0.05, 0) is 80.6 Å². The maximum absolute atomic E-state index is 10.7. The van der Waals surface area contributed by atoms with Crippen molar-refractivity contribution in [2.45, 2.75) is 76.5 Å². The molecule has 2 aliphatic rings. The molecule has 1 aliphatic heterocycles. The number of rotatable bonds is 11. The highest BCUT2D eigenvalue weighted by Gasteiger charge is 2.39. The molecule has 2 aromatic rings. The molecule has 1 aromatic heterocycles. The standard InChI is InChI=1S/C28H37NO3S/c30-28(31)14-8-2-1-7-13-24-25(29-17-9-4-10-18-29)15-16-26(24)32-20-22-19-27(33-21-22)23-11-5-3-6-12-23/h1-3,5-6,11-12,19,21,24-26H,4,7-10,13-18,20H2,(H,30,31)/b2-1+. The van der Waals surface area contributed by atoms with Crippen molar-refractivity contribution in [2.24, 2.45) is 5.92 Å². The van der Waals surface area contributed by atoms with Crippen molar-refractivity contribution in [3.05, 3.63) is 59.5 Å². The second-order valence-corrected chi connectivity index (χ2v) is 10.3. The van der Waals surface area contributed by atoms with Gasteiger partial charge in [-0.25, -0.2) is 0 Å². The van der Waals surface area contributed by atoms with E-state index in [1.54, 1.807) is 11.3 Å². The molecular weight excluding hydrogens is 430 g/mol. The molecule has 0 spiro atoms. The Bertz CT molecular complexity index is 888. The Morgan fingerprint density at radius 1 is 1.09 bits per heavy atom. The molecule has 2 fully saturated rings. The first-order valence-electron chi connectivity index (χ1n) is 12.6. The lowest BCUT2D eigenvalue weighted by Crippen LogP contribution is -2.43. The zero-order chi connectivity index (χ0) is 22.9. The average Bonchev–Trinajstić information content (AvgIpc) is 3.48. The summed E-state index contributed by atoms with van der Waals surface area (Å²) in [6, 6.07) is 13.5. The summed E-state index contributed by atoms with van der Waals surface area (Å²) in [7, 11) is 0. The fraction of sp³-hybridized carbons (Fsp3) is 0.536. The van der Waals surface area contributed by atoms with Crippen molar-refractivity contribution in [3.63, 3.8) is 0 Å². The van der Waals surface area contributed by atoms with Crippen molar-refractivity contribution >= 4 is 17.3 Å². The minimum Gasteiger partial charge on any atom is -0.481 e. The van der Waals surface area contributed by atoms with Gasteiger partial charge in [-0.2, -0.15) is 0 Å². The van der Waals surface area contributed by atoms with Gasteiger partial charge >= 0.3 is 5.97 Å². The van der Waals surface area contributed by atoms with Crippen molar-refractivity contribution in [1.82, 2.24) is 4.90 Å². The molecule has 1 aliphatic carbocycles. The molecular formula is C28H37NO3S. The number of allylic oxidation sites excluding steroid dienone is 2. The highest BCUT2D eigenvalue weighted by Crippen LogP contribution is 2.38. The number of piperidine rings is 1. The summed E-state index contributed by atoms with van der Waals surface area (Å²) in [5, 5.41) is 11.1. The summed E-state index contributed by atoms with van der Waals surface area (Å²) in [5.41, 5.74) is 2.54. The predicted octanol–water partition coefficient (Wildman–Crippen LogP) is 6.77. The number of likely N-dealkylation sites (tertiary alicyclic amines) is 1. The number of benzene rings is 1. The van der Waals surface area contributed by atoms with Gasteiger partial charge in [0.2, 0.25) is 0 Å². The average molecular weight is 468 g/mol. The molecule has 4 rings (SSSR count). The van der Waals surface area contributed by atoms with Crippen LogP contribution in [0.2, 0.25) is 0 Å². The van der Waals surface area contributed by atoms with E-state index in [0.717, 1.165) is 19.3 Å². The fourth-order valence-electron chi connectivity index (χ4n) is 5.44. The number of thiophene rings is 1. The van der Waals surface area contributed by atoms with Crippen LogP contribution in [-0.4, -0.2) is 41.2 Å². The second kappa shape index (κ2) is 12.5. The summed E-state index contributed by atoms with van der Waals surface area (Å²) in [6.45, 7) is 3.15. The van der Waals surface area contributed by atoms with E-state index >= 15 is 0 Å². The second-order valence-electron chi connectivity index (χ2n) is 9.42. The number of carboxylic acids is 1. The van der Waals surface area contributed by atoms with Crippen LogP contribution in [0.5, 0.6) is 0 Å². The molecule has 4 nitrogen and oxygen atoms in total. The normalized spacial score (nSPS) is 23.9. The van der Waals surface area contributed by atoms with Gasteiger partial charge in [0.05, 0.1) is 12.7 Å². The molecule has 33 heavy (non-hydrogen) atoms. The molecule has 0 amide bonds. The molecule has 0 bridgehead atoms. The van der Waals surface area contributed by atoms with E-state index < -0.39 is 5.97 Å². The largest absolute Gasteiger partial charge is 0.481 e. The van der Waals surface area contributed by atoms with Crippen LogP contribution < -0.4 is 0 Å². The van der Waals surface area contributed by atoms with Gasteiger partial charge in [-0.1, -0.05) is 48.9 Å². The van der Waals surface area contributed by atoms with E-state index in [2.05, 4.69) is 52.8 Å². The summed E-state index contributed by atoms with van der Waals surface area (Å²) in [5.74, 6) is -0.169. The van der Waals surface area contributed by atoms with Crippen LogP contribution in [0.1, 0.15) is 63.4 Å². The lowest BCUT2D eigenvalue weighted by molar-refractivity contribution is -0.136. The third-order valence-electron chi connectivity index (χ3n) is 7.11. The van der Waals surface area contributed by atoms with Crippen LogP contribution in [0.3, 0.4) is 0 Å². The number of carbonyl (C=O) groups is 1. The van der Waals surface area contributed by atoms with E-state index in [1.807, 2.05) is 6.08 Å². The highest BCUT2D eigenvalue weighted by molar-refractivity contribution is 7.13. The van der Waals surface area contributed by atoms with Crippen molar-refractivity contribution in [2.75, 3.05) is 13.1 Å². The number of hydrogen-bond acceptors (Lipinski definition) is 4. The van der Waals surface area contributed by atoms with Crippen LogP contribution >= 0.6 is 11.3 Å². The van der Waals surface area contributed by atoms with E-state index in [-0.39, 0.29) is 6.42 Å². The fourth-order valence-corrected chi connectivity index (χ4v) is 6.35. The maximum Gasteiger partial charge on any atom is 0.303 e. The van der Waals surface area contributed by atoms with Gasteiger partial charge in [0, 0.05) is 23.3 Å². The lowest BCUT2D eigenvalue weighted by Gasteiger charge is -2.37.